The van der Waals surface area contributed by atoms with E-state index in [4.69, 9.17) is 4.98 Å². The van der Waals surface area contributed by atoms with Gasteiger partial charge >= 0.3 is 0 Å². The van der Waals surface area contributed by atoms with Crippen LogP contribution in [0.5, 0.6) is 0 Å². The molecule has 1 aromatic heterocycles. The normalized spacial score (nSPS) is 15.4. The Hall–Kier alpha value is -2.93. The van der Waals surface area contributed by atoms with Gasteiger partial charge in [0.15, 0.2) is 0 Å². The molecule has 0 spiro atoms. The Kier molecular flexibility index (Phi) is 5.09. The summed E-state index contributed by atoms with van der Waals surface area (Å²) in [6.07, 6.45) is 7.35. The smallest absolute Gasteiger partial charge is 0.0787 e. The average Bonchev–Trinajstić information content (AvgIpc) is 3.46. The topological polar surface area (TPSA) is 12.9 Å². The number of rotatable bonds is 4. The Labute approximate surface area is 197 Å². The molecule has 0 amide bonds. The first-order chi connectivity index (χ1) is 16.1. The maximum atomic E-state index is 5.45. The zero-order valence-corrected chi connectivity index (χ0v) is 20.1. The summed E-state index contributed by atoms with van der Waals surface area (Å²) in [5.41, 5.74) is 12.3. The van der Waals surface area contributed by atoms with Gasteiger partial charge in [0.2, 0.25) is 0 Å². The Morgan fingerprint density at radius 3 is 2.45 bits per heavy atom. The van der Waals surface area contributed by atoms with Gasteiger partial charge in [-0.25, -0.2) is 0 Å². The van der Waals surface area contributed by atoms with Gasteiger partial charge < -0.3 is 0 Å². The third-order valence-corrected chi connectivity index (χ3v) is 7.71. The van der Waals surface area contributed by atoms with E-state index in [9.17, 15) is 0 Å². The molecule has 6 rings (SSSR count). The van der Waals surface area contributed by atoms with E-state index in [1.807, 2.05) is 0 Å². The summed E-state index contributed by atoms with van der Waals surface area (Å²) in [5.74, 6) is 1.25. The van der Waals surface area contributed by atoms with Crippen LogP contribution in [0.25, 0.3) is 33.2 Å². The molecule has 0 radical (unpaired) electrons. The van der Waals surface area contributed by atoms with E-state index in [0.29, 0.717) is 11.8 Å². The standard InChI is InChI=1S/C32H33N/c1-20(2)15-23-12-8-14-26-27(23)19-31(22-9-4-5-10-22)33-32(26)30-17-21(3)16-28-25-13-7-6-11-24(25)18-29(28)30/h6-8,11-14,16-17,19-20,22H,4-5,9-10,15,18H2,1-3H3. The summed E-state index contributed by atoms with van der Waals surface area (Å²) in [5, 5.41) is 2.74. The van der Waals surface area contributed by atoms with Gasteiger partial charge in [-0.2, -0.15) is 0 Å². The first-order valence-corrected chi connectivity index (χ1v) is 12.7. The highest BCUT2D eigenvalue weighted by molar-refractivity contribution is 5.99. The molecule has 1 heteroatoms. The molecule has 2 aliphatic rings. The van der Waals surface area contributed by atoms with Crippen LogP contribution < -0.4 is 0 Å². The van der Waals surface area contributed by atoms with Gasteiger partial charge in [-0.1, -0.05) is 75.2 Å². The highest BCUT2D eigenvalue weighted by atomic mass is 14.7. The number of aromatic nitrogens is 1. The predicted octanol–water partition coefficient (Wildman–Crippen LogP) is 8.64. The average molecular weight is 432 g/mol. The van der Waals surface area contributed by atoms with Crippen LogP contribution in [0.15, 0.2) is 60.7 Å². The molecule has 4 aromatic rings. The summed E-state index contributed by atoms with van der Waals surface area (Å²) in [6.45, 7) is 6.88. The highest BCUT2D eigenvalue weighted by Crippen LogP contribution is 2.45. The van der Waals surface area contributed by atoms with Crippen molar-refractivity contribution in [2.24, 2.45) is 5.92 Å². The number of benzene rings is 3. The summed E-state index contributed by atoms with van der Waals surface area (Å²) >= 11 is 0. The van der Waals surface area contributed by atoms with Crippen molar-refractivity contribution in [3.8, 4) is 22.4 Å². The van der Waals surface area contributed by atoms with E-state index >= 15 is 0 Å². The minimum absolute atomic E-state index is 0.607. The van der Waals surface area contributed by atoms with Crippen molar-refractivity contribution in [2.45, 2.75) is 65.2 Å². The number of nitrogens with zero attached hydrogens (tertiary/aromatic N) is 1. The van der Waals surface area contributed by atoms with Crippen LogP contribution in [-0.2, 0) is 12.8 Å². The van der Waals surface area contributed by atoms with E-state index < -0.39 is 0 Å². The predicted molar refractivity (Wildman–Crippen MR) is 140 cm³/mol. The van der Waals surface area contributed by atoms with Crippen molar-refractivity contribution < 1.29 is 0 Å². The van der Waals surface area contributed by atoms with E-state index in [-0.39, 0.29) is 0 Å². The lowest BCUT2D eigenvalue weighted by molar-refractivity contribution is 0.650. The van der Waals surface area contributed by atoms with Crippen molar-refractivity contribution >= 4 is 10.8 Å². The zero-order chi connectivity index (χ0) is 22.5. The number of fused-ring (bicyclic) bond motifs is 4. The van der Waals surface area contributed by atoms with Crippen LogP contribution in [-0.4, -0.2) is 4.98 Å². The highest BCUT2D eigenvalue weighted by Gasteiger charge is 2.26. The SMILES string of the molecule is Cc1cc2c(c(-c3nc(C4CCCC4)cc4c(CC(C)C)cccc34)c1)Cc1ccccc1-2. The van der Waals surface area contributed by atoms with E-state index in [2.05, 4.69) is 81.4 Å². The second-order valence-corrected chi connectivity index (χ2v) is 10.7. The maximum absolute atomic E-state index is 5.45. The molecule has 0 saturated heterocycles. The molecular weight excluding hydrogens is 398 g/mol. The largest absolute Gasteiger partial charge is 0.252 e. The molecule has 1 nitrogen and oxygen atoms in total. The second-order valence-electron chi connectivity index (χ2n) is 10.7. The van der Waals surface area contributed by atoms with Crippen molar-refractivity contribution in [1.29, 1.82) is 0 Å². The molecule has 166 valence electrons. The fourth-order valence-corrected chi connectivity index (χ4v) is 6.20. The van der Waals surface area contributed by atoms with Crippen LogP contribution in [0.4, 0.5) is 0 Å². The van der Waals surface area contributed by atoms with Gasteiger partial charge in [0, 0.05) is 22.6 Å². The Balaban J connectivity index is 1.63. The number of hydrogen-bond acceptors (Lipinski definition) is 1. The van der Waals surface area contributed by atoms with Gasteiger partial charge in [-0.15, -0.1) is 0 Å². The molecule has 1 saturated carbocycles. The molecule has 33 heavy (non-hydrogen) atoms. The minimum atomic E-state index is 0.607. The van der Waals surface area contributed by atoms with Crippen molar-refractivity contribution in [3.05, 3.63) is 88.6 Å². The summed E-state index contributed by atoms with van der Waals surface area (Å²) < 4.78 is 0. The summed E-state index contributed by atoms with van der Waals surface area (Å²) in [7, 11) is 0. The van der Waals surface area contributed by atoms with Crippen molar-refractivity contribution in [2.75, 3.05) is 0 Å². The lowest BCUT2D eigenvalue weighted by Gasteiger charge is -2.19. The van der Waals surface area contributed by atoms with Crippen LogP contribution >= 0.6 is 0 Å². The monoisotopic (exact) mass is 431 g/mol. The van der Waals surface area contributed by atoms with Crippen LogP contribution in [0.3, 0.4) is 0 Å². The fourth-order valence-electron chi connectivity index (χ4n) is 6.20. The summed E-state index contributed by atoms with van der Waals surface area (Å²) in [6, 6.07) is 23.0. The molecule has 0 aliphatic heterocycles. The lowest BCUT2D eigenvalue weighted by atomic mass is 9.89. The zero-order valence-electron chi connectivity index (χ0n) is 20.1. The number of aryl methyl sites for hydroxylation is 1. The van der Waals surface area contributed by atoms with E-state index in [0.717, 1.165) is 12.8 Å². The minimum Gasteiger partial charge on any atom is -0.252 e. The van der Waals surface area contributed by atoms with Crippen LogP contribution in [0, 0.1) is 12.8 Å². The van der Waals surface area contributed by atoms with Crippen LogP contribution in [0.1, 0.15) is 73.4 Å². The summed E-state index contributed by atoms with van der Waals surface area (Å²) in [4.78, 5) is 5.45. The van der Waals surface area contributed by atoms with E-state index in [1.54, 1.807) is 0 Å². The van der Waals surface area contributed by atoms with Gasteiger partial charge in [0.05, 0.1) is 5.69 Å². The fraction of sp³-hybridized carbons (Fsp3) is 0.344. The Morgan fingerprint density at radius 2 is 1.64 bits per heavy atom. The third kappa shape index (κ3) is 3.59. The van der Waals surface area contributed by atoms with Gasteiger partial charge in [0.1, 0.15) is 0 Å². The first-order valence-electron chi connectivity index (χ1n) is 12.7. The number of pyridine rings is 1. The van der Waals surface area contributed by atoms with Gasteiger partial charge in [0.25, 0.3) is 0 Å². The molecule has 1 heterocycles. The molecule has 3 aromatic carbocycles. The third-order valence-electron chi connectivity index (χ3n) is 7.71. The Bertz CT molecular complexity index is 1350. The van der Waals surface area contributed by atoms with E-state index in [1.165, 1.54) is 86.8 Å². The van der Waals surface area contributed by atoms with Gasteiger partial charge in [-0.05, 0) is 89.4 Å². The quantitative estimate of drug-likeness (QED) is 0.277. The number of hydrogen-bond donors (Lipinski definition) is 0. The molecular formula is C32H33N. The molecule has 0 N–H and O–H groups in total. The van der Waals surface area contributed by atoms with Gasteiger partial charge in [-0.3, -0.25) is 4.98 Å². The molecule has 2 aliphatic carbocycles. The van der Waals surface area contributed by atoms with Crippen molar-refractivity contribution in [1.82, 2.24) is 4.98 Å². The molecule has 0 bridgehead atoms. The first kappa shape index (κ1) is 20.7. The Morgan fingerprint density at radius 1 is 0.848 bits per heavy atom. The van der Waals surface area contributed by atoms with Crippen LogP contribution in [0.2, 0.25) is 0 Å². The molecule has 1 fully saturated rings. The molecule has 0 unspecified atom stereocenters. The lowest BCUT2D eigenvalue weighted by Crippen LogP contribution is -2.03. The maximum Gasteiger partial charge on any atom is 0.0787 e. The second kappa shape index (κ2) is 8.13. The van der Waals surface area contributed by atoms with Crippen molar-refractivity contribution in [3.63, 3.8) is 0 Å². The molecule has 0 atom stereocenters.